The summed E-state index contributed by atoms with van der Waals surface area (Å²) in [6.45, 7) is 4.51. The van der Waals surface area contributed by atoms with Crippen molar-refractivity contribution in [3.05, 3.63) is 35.9 Å². The zero-order valence-corrected chi connectivity index (χ0v) is 11.5. The SMILES string of the molecule is CC(C)(O)C(=O)OC1(c2ccccc2)CCNCC1. The number of rotatable bonds is 3. The van der Waals surface area contributed by atoms with Gasteiger partial charge in [-0.1, -0.05) is 30.3 Å². The maximum Gasteiger partial charge on any atom is 0.338 e. The summed E-state index contributed by atoms with van der Waals surface area (Å²) in [4.78, 5) is 12.0. The van der Waals surface area contributed by atoms with Gasteiger partial charge in [0, 0.05) is 12.8 Å². The molecule has 2 rings (SSSR count). The van der Waals surface area contributed by atoms with Gasteiger partial charge >= 0.3 is 5.97 Å². The number of piperidine rings is 1. The molecular weight excluding hydrogens is 242 g/mol. The van der Waals surface area contributed by atoms with Gasteiger partial charge in [-0.3, -0.25) is 0 Å². The van der Waals surface area contributed by atoms with Crippen LogP contribution < -0.4 is 5.32 Å². The lowest BCUT2D eigenvalue weighted by atomic mass is 9.84. The molecule has 4 nitrogen and oxygen atoms in total. The minimum Gasteiger partial charge on any atom is -0.452 e. The normalized spacial score (nSPS) is 18.9. The highest BCUT2D eigenvalue weighted by Gasteiger charge is 2.40. The second-order valence-corrected chi connectivity index (χ2v) is 5.56. The second-order valence-electron chi connectivity index (χ2n) is 5.56. The van der Waals surface area contributed by atoms with Crippen molar-refractivity contribution >= 4 is 5.97 Å². The number of esters is 1. The maximum absolute atomic E-state index is 12.0. The summed E-state index contributed by atoms with van der Waals surface area (Å²) in [5, 5.41) is 13.1. The van der Waals surface area contributed by atoms with Gasteiger partial charge in [0.25, 0.3) is 0 Å². The quantitative estimate of drug-likeness (QED) is 0.813. The largest absolute Gasteiger partial charge is 0.452 e. The molecule has 0 bridgehead atoms. The molecule has 0 amide bonds. The topological polar surface area (TPSA) is 58.6 Å². The first-order valence-electron chi connectivity index (χ1n) is 6.66. The first-order valence-corrected chi connectivity index (χ1v) is 6.66. The molecule has 19 heavy (non-hydrogen) atoms. The third kappa shape index (κ3) is 3.14. The van der Waals surface area contributed by atoms with Gasteiger partial charge in [0.05, 0.1) is 0 Å². The van der Waals surface area contributed by atoms with Crippen LogP contribution >= 0.6 is 0 Å². The van der Waals surface area contributed by atoms with E-state index in [9.17, 15) is 9.90 Å². The Morgan fingerprint density at radius 3 is 2.37 bits per heavy atom. The van der Waals surface area contributed by atoms with Crippen molar-refractivity contribution in [2.24, 2.45) is 0 Å². The van der Waals surface area contributed by atoms with Gasteiger partial charge in [0.1, 0.15) is 5.60 Å². The molecular formula is C15H21NO3. The molecule has 104 valence electrons. The molecule has 0 aliphatic carbocycles. The molecule has 1 aromatic rings. The van der Waals surface area contributed by atoms with Crippen LogP contribution in [0.1, 0.15) is 32.3 Å². The Balaban J connectivity index is 2.28. The number of aliphatic hydroxyl groups is 1. The van der Waals surface area contributed by atoms with E-state index < -0.39 is 17.2 Å². The first-order chi connectivity index (χ1) is 8.94. The van der Waals surface area contributed by atoms with E-state index in [-0.39, 0.29) is 0 Å². The van der Waals surface area contributed by atoms with Gasteiger partial charge in [0.15, 0.2) is 5.60 Å². The summed E-state index contributed by atoms with van der Waals surface area (Å²) in [6, 6.07) is 9.77. The Morgan fingerprint density at radius 2 is 1.84 bits per heavy atom. The summed E-state index contributed by atoms with van der Waals surface area (Å²) in [5.41, 5.74) is -1.09. The summed E-state index contributed by atoms with van der Waals surface area (Å²) in [6.07, 6.45) is 1.44. The summed E-state index contributed by atoms with van der Waals surface area (Å²) in [5.74, 6) is -0.571. The number of hydrogen-bond acceptors (Lipinski definition) is 4. The monoisotopic (exact) mass is 263 g/mol. The highest BCUT2D eigenvalue weighted by molar-refractivity contribution is 5.78. The van der Waals surface area contributed by atoms with E-state index in [0.717, 1.165) is 31.5 Å². The van der Waals surface area contributed by atoms with Crippen molar-refractivity contribution < 1.29 is 14.6 Å². The van der Waals surface area contributed by atoms with E-state index in [2.05, 4.69) is 5.32 Å². The van der Waals surface area contributed by atoms with Crippen molar-refractivity contribution in [3.8, 4) is 0 Å². The van der Waals surface area contributed by atoms with Gasteiger partial charge in [-0.25, -0.2) is 4.79 Å². The van der Waals surface area contributed by atoms with Crippen molar-refractivity contribution in [1.82, 2.24) is 5.32 Å². The predicted molar refractivity (Wildman–Crippen MR) is 72.6 cm³/mol. The van der Waals surface area contributed by atoms with Crippen LogP contribution in [0.4, 0.5) is 0 Å². The lowest BCUT2D eigenvalue weighted by molar-refractivity contribution is -0.182. The summed E-state index contributed by atoms with van der Waals surface area (Å²) < 4.78 is 5.70. The Labute approximate surface area is 113 Å². The number of nitrogens with one attached hydrogen (secondary N) is 1. The van der Waals surface area contributed by atoms with Crippen LogP contribution in [0.2, 0.25) is 0 Å². The number of carbonyl (C=O) groups excluding carboxylic acids is 1. The third-order valence-corrected chi connectivity index (χ3v) is 3.50. The van der Waals surface area contributed by atoms with Gasteiger partial charge in [-0.05, 0) is 32.5 Å². The van der Waals surface area contributed by atoms with E-state index >= 15 is 0 Å². The fraction of sp³-hybridized carbons (Fsp3) is 0.533. The molecule has 0 radical (unpaired) electrons. The zero-order chi connectivity index (χ0) is 13.9. The van der Waals surface area contributed by atoms with Crippen molar-refractivity contribution in [1.29, 1.82) is 0 Å². The Hall–Kier alpha value is -1.39. The van der Waals surface area contributed by atoms with Crippen LogP contribution in [-0.2, 0) is 15.1 Å². The third-order valence-electron chi connectivity index (χ3n) is 3.50. The molecule has 0 aromatic heterocycles. The predicted octanol–water partition coefficient (Wildman–Crippen LogP) is 1.58. The van der Waals surface area contributed by atoms with Gasteiger partial charge in [0.2, 0.25) is 0 Å². The fourth-order valence-electron chi connectivity index (χ4n) is 2.32. The molecule has 2 N–H and O–H groups in total. The van der Waals surface area contributed by atoms with E-state index in [1.165, 1.54) is 13.8 Å². The van der Waals surface area contributed by atoms with Crippen molar-refractivity contribution in [3.63, 3.8) is 0 Å². The van der Waals surface area contributed by atoms with E-state index in [1.54, 1.807) is 0 Å². The van der Waals surface area contributed by atoms with Crippen LogP contribution in [0.25, 0.3) is 0 Å². The van der Waals surface area contributed by atoms with Crippen molar-refractivity contribution in [2.75, 3.05) is 13.1 Å². The molecule has 1 saturated heterocycles. The van der Waals surface area contributed by atoms with Gasteiger partial charge in [-0.15, -0.1) is 0 Å². The molecule has 0 atom stereocenters. The van der Waals surface area contributed by atoms with E-state index in [1.807, 2.05) is 30.3 Å². The van der Waals surface area contributed by atoms with Crippen LogP contribution in [0, 0.1) is 0 Å². The first kappa shape index (κ1) is 14.0. The van der Waals surface area contributed by atoms with Crippen molar-refractivity contribution in [2.45, 2.75) is 37.9 Å². The van der Waals surface area contributed by atoms with Gasteiger partial charge in [-0.2, -0.15) is 0 Å². The number of ether oxygens (including phenoxy) is 1. The number of hydrogen-bond donors (Lipinski definition) is 2. The standard InChI is InChI=1S/C15H21NO3/c1-14(2,18)13(17)19-15(8-10-16-11-9-15)12-6-4-3-5-7-12/h3-7,16,18H,8-11H2,1-2H3. The Bertz CT molecular complexity index is 430. The molecule has 1 aliphatic rings. The number of benzene rings is 1. The molecule has 1 fully saturated rings. The smallest absolute Gasteiger partial charge is 0.338 e. The average Bonchev–Trinajstić information content (AvgIpc) is 2.40. The molecule has 0 unspecified atom stereocenters. The fourth-order valence-corrected chi connectivity index (χ4v) is 2.32. The second kappa shape index (κ2) is 5.31. The van der Waals surface area contributed by atoms with Gasteiger partial charge < -0.3 is 15.2 Å². The lowest BCUT2D eigenvalue weighted by Gasteiger charge is -2.39. The van der Waals surface area contributed by atoms with E-state index in [0.29, 0.717) is 0 Å². The average molecular weight is 263 g/mol. The van der Waals surface area contributed by atoms with E-state index in [4.69, 9.17) is 4.74 Å². The minimum atomic E-state index is -1.47. The van der Waals surface area contributed by atoms with Crippen LogP contribution in [-0.4, -0.2) is 29.8 Å². The lowest BCUT2D eigenvalue weighted by Crippen LogP contribution is -2.46. The van der Waals surface area contributed by atoms with Crippen LogP contribution in [0.15, 0.2) is 30.3 Å². The molecule has 4 heteroatoms. The highest BCUT2D eigenvalue weighted by atomic mass is 16.6. The Morgan fingerprint density at radius 1 is 1.26 bits per heavy atom. The molecule has 1 heterocycles. The summed E-state index contributed by atoms with van der Waals surface area (Å²) in [7, 11) is 0. The van der Waals surface area contributed by atoms with Crippen LogP contribution in [0.5, 0.6) is 0 Å². The molecule has 0 saturated carbocycles. The van der Waals surface area contributed by atoms with Crippen LogP contribution in [0.3, 0.4) is 0 Å². The maximum atomic E-state index is 12.0. The Kier molecular flexibility index (Phi) is 3.92. The minimum absolute atomic E-state index is 0.571. The molecule has 0 spiro atoms. The summed E-state index contributed by atoms with van der Waals surface area (Å²) >= 11 is 0. The zero-order valence-electron chi connectivity index (χ0n) is 11.5. The number of carbonyl (C=O) groups is 1. The molecule has 1 aromatic carbocycles. The highest BCUT2D eigenvalue weighted by Crippen LogP contribution is 2.35. The molecule has 1 aliphatic heterocycles.